The van der Waals surface area contributed by atoms with Gasteiger partial charge in [-0.1, -0.05) is 11.6 Å². The summed E-state index contributed by atoms with van der Waals surface area (Å²) in [5.74, 6) is -5.29. The van der Waals surface area contributed by atoms with Crippen LogP contribution in [0.4, 0.5) is 13.2 Å². The van der Waals surface area contributed by atoms with Crippen molar-refractivity contribution in [3.8, 4) is 0 Å². The van der Waals surface area contributed by atoms with Gasteiger partial charge in [-0.15, -0.1) is 0 Å². The Hall–Kier alpha value is -1.23. The third kappa shape index (κ3) is 1.38. The van der Waals surface area contributed by atoms with Crippen LogP contribution in [0.15, 0.2) is 6.07 Å². The number of hydrogen-bond acceptors (Lipinski definition) is 1. The zero-order valence-electron chi connectivity index (χ0n) is 7.86. The number of rotatable bonds is 2. The van der Waals surface area contributed by atoms with E-state index in [4.69, 9.17) is 16.7 Å². The summed E-state index contributed by atoms with van der Waals surface area (Å²) in [7, 11) is 0. The number of halogens is 4. The van der Waals surface area contributed by atoms with Crippen LogP contribution >= 0.6 is 11.6 Å². The molecule has 1 aliphatic carbocycles. The molecule has 86 valence electrons. The number of benzene rings is 1. The molecule has 1 aromatic carbocycles. The van der Waals surface area contributed by atoms with Gasteiger partial charge in [-0.2, -0.15) is 0 Å². The van der Waals surface area contributed by atoms with Gasteiger partial charge in [-0.3, -0.25) is 4.79 Å². The monoisotopic (exact) mass is 250 g/mol. The average Bonchev–Trinajstić information content (AvgIpc) is 3.01. The lowest BCUT2D eigenvalue weighted by atomic mass is 9.95. The smallest absolute Gasteiger partial charge is 0.314 e. The second-order valence-corrected chi connectivity index (χ2v) is 4.11. The Balaban J connectivity index is 2.63. The molecule has 0 radical (unpaired) electrons. The first-order chi connectivity index (χ1) is 7.40. The standard InChI is InChI=1S/C10H6ClF3O2/c11-6-7(13)4(3-5(12)8(6)14)10(1-2-10)9(15)16/h3H,1-2H2,(H,15,16). The fraction of sp³-hybridized carbons (Fsp3) is 0.300. The van der Waals surface area contributed by atoms with Crippen molar-refractivity contribution in [2.24, 2.45) is 0 Å². The summed E-state index contributed by atoms with van der Waals surface area (Å²) in [4.78, 5) is 10.9. The van der Waals surface area contributed by atoms with Crippen LogP contribution in [0.5, 0.6) is 0 Å². The van der Waals surface area contributed by atoms with E-state index >= 15 is 0 Å². The molecule has 0 spiro atoms. The van der Waals surface area contributed by atoms with Gasteiger partial charge in [0.05, 0.1) is 5.41 Å². The van der Waals surface area contributed by atoms with Gasteiger partial charge in [0.2, 0.25) is 0 Å². The first kappa shape index (κ1) is 11.3. The highest BCUT2D eigenvalue weighted by Gasteiger charge is 2.54. The molecule has 16 heavy (non-hydrogen) atoms. The summed E-state index contributed by atoms with van der Waals surface area (Å²) in [6, 6.07) is 0.567. The molecule has 6 heteroatoms. The van der Waals surface area contributed by atoms with Crippen LogP contribution < -0.4 is 0 Å². The lowest BCUT2D eigenvalue weighted by Crippen LogP contribution is -2.21. The summed E-state index contributed by atoms with van der Waals surface area (Å²) >= 11 is 5.24. The predicted molar refractivity (Wildman–Crippen MR) is 49.9 cm³/mol. The summed E-state index contributed by atoms with van der Waals surface area (Å²) in [6.45, 7) is 0. The van der Waals surface area contributed by atoms with Crippen LogP contribution in [0.25, 0.3) is 0 Å². The minimum atomic E-state index is -1.50. The van der Waals surface area contributed by atoms with E-state index in [9.17, 15) is 18.0 Å². The minimum absolute atomic E-state index is 0.195. The molecular weight excluding hydrogens is 245 g/mol. The van der Waals surface area contributed by atoms with E-state index in [1.807, 2.05) is 0 Å². The molecule has 0 aliphatic heterocycles. The van der Waals surface area contributed by atoms with E-state index in [0.29, 0.717) is 6.07 Å². The van der Waals surface area contributed by atoms with Crippen molar-refractivity contribution < 1.29 is 23.1 Å². The fourth-order valence-corrected chi connectivity index (χ4v) is 1.84. The van der Waals surface area contributed by atoms with Gasteiger partial charge in [-0.25, -0.2) is 13.2 Å². The topological polar surface area (TPSA) is 37.3 Å². The number of hydrogen-bond donors (Lipinski definition) is 1. The van der Waals surface area contributed by atoms with Crippen molar-refractivity contribution in [2.75, 3.05) is 0 Å². The van der Waals surface area contributed by atoms with E-state index in [1.165, 1.54) is 0 Å². The Morgan fingerprint density at radius 1 is 1.31 bits per heavy atom. The maximum atomic E-state index is 13.5. The van der Waals surface area contributed by atoms with E-state index in [2.05, 4.69) is 0 Å². The fourth-order valence-electron chi connectivity index (χ4n) is 1.64. The number of aliphatic carboxylic acids is 1. The first-order valence-corrected chi connectivity index (χ1v) is 4.85. The molecule has 2 nitrogen and oxygen atoms in total. The van der Waals surface area contributed by atoms with E-state index in [1.54, 1.807) is 0 Å². The van der Waals surface area contributed by atoms with E-state index < -0.39 is 33.9 Å². The Bertz CT molecular complexity index is 483. The molecule has 1 N–H and O–H groups in total. The maximum Gasteiger partial charge on any atom is 0.314 e. The van der Waals surface area contributed by atoms with E-state index in [0.717, 1.165) is 0 Å². The molecule has 1 saturated carbocycles. The van der Waals surface area contributed by atoms with E-state index in [-0.39, 0.29) is 18.4 Å². The predicted octanol–water partition coefficient (Wildman–Crippen LogP) is 2.87. The Morgan fingerprint density at radius 2 is 1.88 bits per heavy atom. The van der Waals surface area contributed by atoms with Gasteiger partial charge in [0.1, 0.15) is 10.8 Å². The third-order valence-electron chi connectivity index (χ3n) is 2.78. The largest absolute Gasteiger partial charge is 0.481 e. The van der Waals surface area contributed by atoms with Gasteiger partial charge in [0, 0.05) is 5.56 Å². The van der Waals surface area contributed by atoms with Crippen molar-refractivity contribution in [3.05, 3.63) is 34.1 Å². The van der Waals surface area contributed by atoms with Crippen LogP contribution in [0, 0.1) is 17.5 Å². The van der Waals surface area contributed by atoms with Gasteiger partial charge in [-0.05, 0) is 18.9 Å². The first-order valence-electron chi connectivity index (χ1n) is 4.47. The molecule has 0 heterocycles. The average molecular weight is 251 g/mol. The summed E-state index contributed by atoms with van der Waals surface area (Å²) in [5, 5.41) is 7.91. The highest BCUT2D eigenvalue weighted by atomic mass is 35.5. The SMILES string of the molecule is O=C(O)C1(c2cc(F)c(F)c(Cl)c2F)CC1. The molecule has 0 aromatic heterocycles. The minimum Gasteiger partial charge on any atom is -0.481 e. The van der Waals surface area contributed by atoms with Gasteiger partial charge in [0.25, 0.3) is 0 Å². The normalized spacial score (nSPS) is 17.2. The molecule has 0 unspecified atom stereocenters. The molecule has 0 amide bonds. The zero-order chi connectivity index (χ0) is 12.1. The molecule has 1 aromatic rings. The third-order valence-corrected chi connectivity index (χ3v) is 3.11. The van der Waals surface area contributed by atoms with Gasteiger partial charge >= 0.3 is 5.97 Å². The lowest BCUT2D eigenvalue weighted by Gasteiger charge is -2.12. The summed E-state index contributed by atoms with van der Waals surface area (Å²) < 4.78 is 39.4. The molecule has 1 aliphatic rings. The quantitative estimate of drug-likeness (QED) is 0.647. The lowest BCUT2D eigenvalue weighted by molar-refractivity contribution is -0.140. The van der Waals surface area contributed by atoms with Crippen molar-refractivity contribution in [1.29, 1.82) is 0 Å². The van der Waals surface area contributed by atoms with Crippen molar-refractivity contribution in [1.82, 2.24) is 0 Å². The molecule has 2 rings (SSSR count). The summed E-state index contributed by atoms with van der Waals surface area (Å²) in [5.41, 5.74) is -1.83. The van der Waals surface area contributed by atoms with Gasteiger partial charge in [0.15, 0.2) is 11.6 Å². The molecule has 1 fully saturated rings. The van der Waals surface area contributed by atoms with Crippen molar-refractivity contribution in [3.63, 3.8) is 0 Å². The highest BCUT2D eigenvalue weighted by Crippen LogP contribution is 2.50. The zero-order valence-corrected chi connectivity index (χ0v) is 8.61. The molecule has 0 bridgehead atoms. The Kier molecular flexibility index (Phi) is 2.38. The molecule has 0 saturated heterocycles. The second kappa shape index (κ2) is 3.38. The summed E-state index contributed by atoms with van der Waals surface area (Å²) in [6.07, 6.45) is 0.390. The van der Waals surface area contributed by atoms with Crippen LogP contribution in [0.3, 0.4) is 0 Å². The van der Waals surface area contributed by atoms with Crippen LogP contribution in [-0.4, -0.2) is 11.1 Å². The van der Waals surface area contributed by atoms with Crippen molar-refractivity contribution in [2.45, 2.75) is 18.3 Å². The van der Waals surface area contributed by atoms with Crippen LogP contribution in [0.1, 0.15) is 18.4 Å². The number of carbonyl (C=O) groups is 1. The van der Waals surface area contributed by atoms with Crippen LogP contribution in [-0.2, 0) is 10.2 Å². The number of carboxylic acid groups (broad SMARTS) is 1. The molecular formula is C10H6ClF3O2. The second-order valence-electron chi connectivity index (χ2n) is 3.74. The Morgan fingerprint density at radius 3 is 2.31 bits per heavy atom. The molecule has 0 atom stereocenters. The van der Waals surface area contributed by atoms with Crippen molar-refractivity contribution >= 4 is 17.6 Å². The highest BCUT2D eigenvalue weighted by molar-refractivity contribution is 6.31. The van der Waals surface area contributed by atoms with Gasteiger partial charge < -0.3 is 5.11 Å². The maximum absolute atomic E-state index is 13.5. The Labute approximate surface area is 93.6 Å². The van der Waals surface area contributed by atoms with Crippen LogP contribution in [0.2, 0.25) is 5.02 Å². The number of carboxylic acids is 1.